The number of esters is 1. The van der Waals surface area contributed by atoms with Gasteiger partial charge in [0.2, 0.25) is 0 Å². The molecule has 0 saturated carbocycles. The third-order valence-corrected chi connectivity index (χ3v) is 1.74. The summed E-state index contributed by atoms with van der Waals surface area (Å²) in [6, 6.07) is 0. The molecular formula is C6H10O6. The molecule has 1 aliphatic heterocycles. The molecule has 1 fully saturated rings. The highest BCUT2D eigenvalue weighted by Gasteiger charge is 2.43. The molecule has 0 spiro atoms. The predicted octanol–water partition coefficient (Wildman–Crippen LogP) is -3.01. The SMILES string of the molecule is O=C1O[C@H](CO)[C@@H](O)[C@@H](O)[C@H]1O. The van der Waals surface area contributed by atoms with Crippen LogP contribution >= 0.6 is 0 Å². The van der Waals surface area contributed by atoms with Gasteiger partial charge in [-0.2, -0.15) is 0 Å². The van der Waals surface area contributed by atoms with Crippen LogP contribution < -0.4 is 0 Å². The van der Waals surface area contributed by atoms with E-state index in [1.54, 1.807) is 0 Å². The second-order valence-corrected chi connectivity index (χ2v) is 2.58. The number of carbonyl (C=O) groups is 1. The summed E-state index contributed by atoms with van der Waals surface area (Å²) in [7, 11) is 0. The van der Waals surface area contributed by atoms with Gasteiger partial charge in [-0.05, 0) is 0 Å². The number of rotatable bonds is 1. The fraction of sp³-hybridized carbons (Fsp3) is 0.833. The first-order valence-electron chi connectivity index (χ1n) is 3.43. The van der Waals surface area contributed by atoms with E-state index in [1.807, 2.05) is 0 Å². The van der Waals surface area contributed by atoms with Crippen LogP contribution in [-0.4, -0.2) is 57.4 Å². The van der Waals surface area contributed by atoms with E-state index in [0.29, 0.717) is 0 Å². The molecule has 0 unspecified atom stereocenters. The van der Waals surface area contributed by atoms with Gasteiger partial charge >= 0.3 is 5.97 Å². The Hall–Kier alpha value is -0.690. The highest BCUT2D eigenvalue weighted by atomic mass is 16.6. The minimum atomic E-state index is -1.73. The number of hydrogen-bond donors (Lipinski definition) is 4. The van der Waals surface area contributed by atoms with Gasteiger partial charge in [0.05, 0.1) is 6.61 Å². The molecule has 6 nitrogen and oxygen atoms in total. The second-order valence-electron chi connectivity index (χ2n) is 2.58. The molecule has 4 N–H and O–H groups in total. The van der Waals surface area contributed by atoms with E-state index in [2.05, 4.69) is 4.74 Å². The van der Waals surface area contributed by atoms with E-state index in [0.717, 1.165) is 0 Å². The Morgan fingerprint density at radius 2 is 1.83 bits per heavy atom. The van der Waals surface area contributed by atoms with Crippen LogP contribution in [0.3, 0.4) is 0 Å². The lowest BCUT2D eigenvalue weighted by atomic mass is 10.0. The first-order valence-corrected chi connectivity index (χ1v) is 3.43. The zero-order valence-electron chi connectivity index (χ0n) is 6.12. The summed E-state index contributed by atoms with van der Waals surface area (Å²) < 4.78 is 4.38. The normalized spacial score (nSPS) is 42.5. The van der Waals surface area contributed by atoms with Gasteiger partial charge in [-0.25, -0.2) is 4.79 Å². The molecule has 1 rings (SSSR count). The summed E-state index contributed by atoms with van der Waals surface area (Å²) in [5.41, 5.74) is 0. The first kappa shape index (κ1) is 9.40. The molecule has 0 aromatic carbocycles. The molecule has 12 heavy (non-hydrogen) atoms. The highest BCUT2D eigenvalue weighted by molar-refractivity contribution is 5.76. The van der Waals surface area contributed by atoms with Crippen LogP contribution in [0.5, 0.6) is 0 Å². The van der Waals surface area contributed by atoms with Crippen LogP contribution in [-0.2, 0) is 9.53 Å². The first-order chi connectivity index (χ1) is 5.57. The predicted molar refractivity (Wildman–Crippen MR) is 35.0 cm³/mol. The summed E-state index contributed by atoms with van der Waals surface area (Å²) in [5, 5.41) is 35.5. The third-order valence-electron chi connectivity index (χ3n) is 1.74. The van der Waals surface area contributed by atoms with Gasteiger partial charge in [0.15, 0.2) is 12.2 Å². The van der Waals surface area contributed by atoms with E-state index in [9.17, 15) is 4.79 Å². The fourth-order valence-corrected chi connectivity index (χ4v) is 0.980. The van der Waals surface area contributed by atoms with Crippen LogP contribution in [0, 0.1) is 0 Å². The maximum absolute atomic E-state index is 10.7. The van der Waals surface area contributed by atoms with Crippen molar-refractivity contribution in [3.63, 3.8) is 0 Å². The number of cyclic esters (lactones) is 1. The van der Waals surface area contributed by atoms with Gasteiger partial charge in [0.1, 0.15) is 12.2 Å². The maximum atomic E-state index is 10.7. The van der Waals surface area contributed by atoms with Gasteiger partial charge < -0.3 is 25.2 Å². The summed E-state index contributed by atoms with van der Waals surface area (Å²) in [4.78, 5) is 10.7. The Labute approximate surface area is 68.0 Å². The van der Waals surface area contributed by atoms with Crippen LogP contribution in [0.15, 0.2) is 0 Å². The monoisotopic (exact) mass is 178 g/mol. The fourth-order valence-electron chi connectivity index (χ4n) is 0.980. The maximum Gasteiger partial charge on any atom is 0.338 e. The molecule has 0 aromatic heterocycles. The largest absolute Gasteiger partial charge is 0.455 e. The van der Waals surface area contributed by atoms with E-state index in [4.69, 9.17) is 20.4 Å². The standard InChI is InChI=1S/C6H10O6/c7-1-2-3(8)4(9)5(10)6(11)12-2/h2-5,7-10H,1H2/t2-,3-,4-,5-/m1/s1. The molecule has 70 valence electrons. The van der Waals surface area contributed by atoms with E-state index >= 15 is 0 Å². The lowest BCUT2D eigenvalue weighted by molar-refractivity contribution is -0.206. The molecule has 6 heteroatoms. The van der Waals surface area contributed by atoms with Crippen molar-refractivity contribution < 1.29 is 30.0 Å². The topological polar surface area (TPSA) is 107 Å². The van der Waals surface area contributed by atoms with Crippen molar-refractivity contribution in [3.05, 3.63) is 0 Å². The van der Waals surface area contributed by atoms with Gasteiger partial charge in [-0.3, -0.25) is 0 Å². The van der Waals surface area contributed by atoms with Crippen molar-refractivity contribution >= 4 is 5.97 Å². The minimum Gasteiger partial charge on any atom is -0.455 e. The molecule has 1 aliphatic rings. The van der Waals surface area contributed by atoms with Crippen LogP contribution in [0.1, 0.15) is 0 Å². The van der Waals surface area contributed by atoms with Crippen LogP contribution in [0.2, 0.25) is 0 Å². The zero-order chi connectivity index (χ0) is 9.30. The summed E-state index contributed by atoms with van der Waals surface area (Å²) >= 11 is 0. The number of aliphatic hydroxyl groups is 4. The van der Waals surface area contributed by atoms with E-state index in [1.165, 1.54) is 0 Å². The summed E-state index contributed by atoms with van der Waals surface area (Å²) in [6.07, 6.45) is -5.93. The Morgan fingerprint density at radius 3 is 2.33 bits per heavy atom. The number of carbonyl (C=O) groups excluding carboxylic acids is 1. The van der Waals surface area contributed by atoms with Gasteiger partial charge in [0.25, 0.3) is 0 Å². The van der Waals surface area contributed by atoms with Crippen LogP contribution in [0.25, 0.3) is 0 Å². The lowest BCUT2D eigenvalue weighted by Gasteiger charge is -2.32. The van der Waals surface area contributed by atoms with Gasteiger partial charge in [-0.15, -0.1) is 0 Å². The van der Waals surface area contributed by atoms with Crippen molar-refractivity contribution in [2.24, 2.45) is 0 Å². The van der Waals surface area contributed by atoms with Crippen molar-refractivity contribution in [1.82, 2.24) is 0 Å². The van der Waals surface area contributed by atoms with Crippen molar-refractivity contribution in [2.45, 2.75) is 24.4 Å². The molecule has 0 radical (unpaired) electrons. The number of ether oxygens (including phenoxy) is 1. The molecular weight excluding hydrogens is 168 g/mol. The Morgan fingerprint density at radius 1 is 1.25 bits per heavy atom. The molecule has 0 bridgehead atoms. The Kier molecular flexibility index (Phi) is 2.63. The quantitative estimate of drug-likeness (QED) is 0.318. The molecule has 0 aromatic rings. The highest BCUT2D eigenvalue weighted by Crippen LogP contribution is 2.15. The van der Waals surface area contributed by atoms with E-state index < -0.39 is 37.0 Å². The summed E-state index contributed by atoms with van der Waals surface area (Å²) in [5.74, 6) is -1.04. The number of hydrogen-bond acceptors (Lipinski definition) is 6. The molecule has 1 saturated heterocycles. The van der Waals surface area contributed by atoms with Crippen molar-refractivity contribution in [1.29, 1.82) is 0 Å². The van der Waals surface area contributed by atoms with Crippen molar-refractivity contribution in [3.8, 4) is 0 Å². The second kappa shape index (κ2) is 3.36. The Balaban J connectivity index is 2.70. The van der Waals surface area contributed by atoms with Crippen molar-refractivity contribution in [2.75, 3.05) is 6.61 Å². The molecule has 0 aliphatic carbocycles. The minimum absolute atomic E-state index is 0.587. The molecule has 1 heterocycles. The van der Waals surface area contributed by atoms with E-state index in [-0.39, 0.29) is 0 Å². The third kappa shape index (κ3) is 1.42. The molecule has 4 atom stereocenters. The van der Waals surface area contributed by atoms with Gasteiger partial charge in [-0.1, -0.05) is 0 Å². The number of aliphatic hydroxyl groups excluding tert-OH is 4. The van der Waals surface area contributed by atoms with Crippen LogP contribution in [0.4, 0.5) is 0 Å². The smallest absolute Gasteiger partial charge is 0.338 e. The summed E-state index contributed by atoms with van der Waals surface area (Å²) in [6.45, 7) is -0.587. The average molecular weight is 178 g/mol. The lowest BCUT2D eigenvalue weighted by Crippen LogP contribution is -2.56. The average Bonchev–Trinajstić information content (AvgIpc) is 2.08. The molecule has 0 amide bonds. The van der Waals surface area contributed by atoms with Gasteiger partial charge in [0, 0.05) is 0 Å². The Bertz CT molecular complexity index is 179. The zero-order valence-corrected chi connectivity index (χ0v) is 6.12.